The number of anilines is 1. The molecule has 2 saturated heterocycles. The van der Waals surface area contributed by atoms with Crippen LogP contribution in [0.1, 0.15) is 11.7 Å². The van der Waals surface area contributed by atoms with E-state index in [1.54, 1.807) is 30.3 Å². The molecule has 24 heavy (non-hydrogen) atoms. The zero-order valence-electron chi connectivity index (χ0n) is 12.2. The topological polar surface area (TPSA) is 105 Å². The molecular formula is C16H11N3O5. The highest BCUT2D eigenvalue weighted by molar-refractivity contribution is 6.23. The molecule has 0 radical (unpaired) electrons. The van der Waals surface area contributed by atoms with Crippen LogP contribution in [0.4, 0.5) is 11.4 Å². The zero-order valence-corrected chi connectivity index (χ0v) is 12.2. The van der Waals surface area contributed by atoms with Crippen molar-refractivity contribution in [2.45, 2.75) is 11.7 Å². The Labute approximate surface area is 135 Å². The summed E-state index contributed by atoms with van der Waals surface area (Å²) in [4.78, 5) is 35.2. The number of nitrogens with zero attached hydrogens (tertiary/aromatic N) is 2. The normalized spacial score (nSPS) is 25.0. The van der Waals surface area contributed by atoms with Gasteiger partial charge >= 0.3 is 0 Å². The van der Waals surface area contributed by atoms with Crippen LogP contribution in [-0.4, -0.2) is 22.3 Å². The molecule has 0 bridgehead atoms. The van der Waals surface area contributed by atoms with Gasteiger partial charge in [0, 0.05) is 12.1 Å². The second-order valence-corrected chi connectivity index (χ2v) is 5.50. The Hall–Kier alpha value is -3.26. The average Bonchev–Trinajstić information content (AvgIpc) is 3.31. The first-order valence-electron chi connectivity index (χ1n) is 7.17. The highest BCUT2D eigenvalue weighted by Crippen LogP contribution is 2.53. The summed E-state index contributed by atoms with van der Waals surface area (Å²) in [6, 6.07) is 14.3. The number of ether oxygens (including phenoxy) is 1. The van der Waals surface area contributed by atoms with Gasteiger partial charge in [-0.2, -0.15) is 0 Å². The maximum Gasteiger partial charge on any atom is 0.291 e. The number of nitro benzene ring substituents is 1. The van der Waals surface area contributed by atoms with Crippen molar-refractivity contribution in [3.05, 3.63) is 70.3 Å². The molecule has 2 aromatic rings. The Bertz CT molecular complexity index is 852. The SMILES string of the molecule is O=C1NN(c2ccccc2)C(=O)C12OC2c1ccc([N+](=O)[O-])cc1. The third-order valence-corrected chi connectivity index (χ3v) is 4.11. The molecule has 2 amide bonds. The molecule has 4 rings (SSSR count). The third kappa shape index (κ3) is 1.90. The first-order valence-corrected chi connectivity index (χ1v) is 7.17. The summed E-state index contributed by atoms with van der Waals surface area (Å²) in [7, 11) is 0. The molecule has 8 nitrogen and oxygen atoms in total. The Morgan fingerprint density at radius 2 is 1.75 bits per heavy atom. The van der Waals surface area contributed by atoms with Gasteiger partial charge in [0.15, 0.2) is 0 Å². The van der Waals surface area contributed by atoms with E-state index in [1.807, 2.05) is 0 Å². The molecular weight excluding hydrogens is 314 g/mol. The quantitative estimate of drug-likeness (QED) is 0.398. The largest absolute Gasteiger partial charge is 0.341 e. The summed E-state index contributed by atoms with van der Waals surface area (Å²) in [5.41, 5.74) is 1.93. The lowest BCUT2D eigenvalue weighted by Gasteiger charge is -2.14. The van der Waals surface area contributed by atoms with Crippen molar-refractivity contribution in [3.63, 3.8) is 0 Å². The van der Waals surface area contributed by atoms with Crippen molar-refractivity contribution in [3.8, 4) is 0 Å². The van der Waals surface area contributed by atoms with Gasteiger partial charge in [-0.25, -0.2) is 5.01 Å². The minimum atomic E-state index is -1.59. The summed E-state index contributed by atoms with van der Waals surface area (Å²) in [6.45, 7) is 0. The summed E-state index contributed by atoms with van der Waals surface area (Å²) in [6.07, 6.45) is -0.750. The number of hydrogen-bond acceptors (Lipinski definition) is 5. The lowest BCUT2D eigenvalue weighted by Crippen LogP contribution is -2.36. The number of amides is 2. The Balaban J connectivity index is 1.62. The number of carbonyl (C=O) groups excluding carboxylic acids is 2. The molecule has 8 heteroatoms. The first kappa shape index (κ1) is 14.3. The molecule has 2 aromatic carbocycles. The van der Waals surface area contributed by atoms with Crippen LogP contribution in [-0.2, 0) is 14.3 Å². The number of benzene rings is 2. The van der Waals surface area contributed by atoms with Crippen LogP contribution in [0.3, 0.4) is 0 Å². The van der Waals surface area contributed by atoms with Crippen LogP contribution in [0.15, 0.2) is 54.6 Å². The second kappa shape index (κ2) is 4.87. The van der Waals surface area contributed by atoms with Gasteiger partial charge in [0.05, 0.1) is 10.6 Å². The van der Waals surface area contributed by atoms with E-state index >= 15 is 0 Å². The second-order valence-electron chi connectivity index (χ2n) is 5.50. The number of epoxide rings is 1. The first-order chi connectivity index (χ1) is 11.5. The molecule has 2 unspecified atom stereocenters. The third-order valence-electron chi connectivity index (χ3n) is 4.11. The van der Waals surface area contributed by atoms with Crippen molar-refractivity contribution in [2.24, 2.45) is 0 Å². The molecule has 1 N–H and O–H groups in total. The summed E-state index contributed by atoms with van der Waals surface area (Å²) in [5.74, 6) is -1.04. The van der Waals surface area contributed by atoms with Crippen LogP contribution in [0.2, 0.25) is 0 Å². The van der Waals surface area contributed by atoms with E-state index < -0.39 is 28.4 Å². The fourth-order valence-corrected chi connectivity index (χ4v) is 2.82. The van der Waals surface area contributed by atoms with Crippen molar-refractivity contribution in [2.75, 3.05) is 5.01 Å². The number of rotatable bonds is 3. The van der Waals surface area contributed by atoms with E-state index in [-0.39, 0.29) is 5.69 Å². The van der Waals surface area contributed by atoms with Crippen molar-refractivity contribution in [1.29, 1.82) is 0 Å². The van der Waals surface area contributed by atoms with Gasteiger partial charge in [0.1, 0.15) is 6.10 Å². The smallest absolute Gasteiger partial charge is 0.291 e. The van der Waals surface area contributed by atoms with Gasteiger partial charge in [-0.05, 0) is 29.8 Å². The van der Waals surface area contributed by atoms with Gasteiger partial charge in [0.25, 0.3) is 23.1 Å². The number of carbonyl (C=O) groups is 2. The molecule has 120 valence electrons. The molecule has 2 aliphatic rings. The van der Waals surface area contributed by atoms with Gasteiger partial charge in [-0.3, -0.25) is 25.1 Å². The number of para-hydroxylation sites is 1. The van der Waals surface area contributed by atoms with Crippen molar-refractivity contribution in [1.82, 2.24) is 5.43 Å². The van der Waals surface area contributed by atoms with E-state index in [2.05, 4.69) is 5.43 Å². The molecule has 0 aliphatic carbocycles. The molecule has 2 aliphatic heterocycles. The van der Waals surface area contributed by atoms with E-state index in [0.29, 0.717) is 11.3 Å². The van der Waals surface area contributed by atoms with Gasteiger partial charge in [-0.15, -0.1) is 0 Å². The number of hydrazine groups is 1. The van der Waals surface area contributed by atoms with E-state index in [9.17, 15) is 19.7 Å². The lowest BCUT2D eigenvalue weighted by molar-refractivity contribution is -0.384. The van der Waals surface area contributed by atoms with Crippen molar-refractivity contribution >= 4 is 23.2 Å². The highest BCUT2D eigenvalue weighted by Gasteiger charge is 2.74. The fraction of sp³-hybridized carbons (Fsp3) is 0.125. The maximum atomic E-state index is 12.7. The predicted molar refractivity (Wildman–Crippen MR) is 81.7 cm³/mol. The standard InChI is InChI=1S/C16H11N3O5/c20-14-16(15(21)18(17-14)11-4-2-1-3-5-11)13(24-16)10-6-8-12(9-7-10)19(22)23/h1-9,13H,(H,17,20). The minimum Gasteiger partial charge on any atom is -0.341 e. The maximum absolute atomic E-state index is 12.7. The minimum absolute atomic E-state index is 0.0680. The molecule has 0 aromatic heterocycles. The van der Waals surface area contributed by atoms with Gasteiger partial charge in [-0.1, -0.05) is 18.2 Å². The summed E-state index contributed by atoms with van der Waals surface area (Å²) < 4.78 is 5.46. The van der Waals surface area contributed by atoms with Gasteiger partial charge < -0.3 is 4.74 Å². The van der Waals surface area contributed by atoms with Crippen LogP contribution in [0.25, 0.3) is 0 Å². The summed E-state index contributed by atoms with van der Waals surface area (Å²) >= 11 is 0. The van der Waals surface area contributed by atoms with Crippen LogP contribution < -0.4 is 10.4 Å². The number of nitro groups is 1. The molecule has 1 spiro atoms. The molecule has 2 fully saturated rings. The molecule has 0 saturated carbocycles. The Kier molecular flexibility index (Phi) is 2.91. The lowest BCUT2D eigenvalue weighted by atomic mass is 9.98. The molecule has 2 heterocycles. The van der Waals surface area contributed by atoms with E-state index in [1.165, 1.54) is 24.3 Å². The van der Waals surface area contributed by atoms with Crippen LogP contribution in [0, 0.1) is 10.1 Å². The van der Waals surface area contributed by atoms with E-state index in [4.69, 9.17) is 4.74 Å². The highest BCUT2D eigenvalue weighted by atomic mass is 16.6. The Morgan fingerprint density at radius 1 is 1.08 bits per heavy atom. The van der Waals surface area contributed by atoms with Gasteiger partial charge in [0.2, 0.25) is 0 Å². The molecule has 2 atom stereocenters. The van der Waals surface area contributed by atoms with Crippen LogP contribution in [0.5, 0.6) is 0 Å². The fourth-order valence-electron chi connectivity index (χ4n) is 2.82. The number of non-ortho nitro benzene ring substituents is 1. The van der Waals surface area contributed by atoms with E-state index in [0.717, 1.165) is 5.01 Å². The number of nitrogens with one attached hydrogen (secondary N) is 1. The zero-order chi connectivity index (χ0) is 16.9. The number of hydrogen-bond donors (Lipinski definition) is 1. The Morgan fingerprint density at radius 3 is 2.38 bits per heavy atom. The average molecular weight is 325 g/mol. The van der Waals surface area contributed by atoms with Crippen molar-refractivity contribution < 1.29 is 19.2 Å². The monoisotopic (exact) mass is 325 g/mol. The summed E-state index contributed by atoms with van der Waals surface area (Å²) in [5, 5.41) is 11.9. The predicted octanol–water partition coefficient (Wildman–Crippen LogP) is 1.48. The van der Waals surface area contributed by atoms with Crippen LogP contribution >= 0.6 is 0 Å².